The molecule has 1 saturated carbocycles. The number of amides is 1. The number of benzene rings is 2. The molecule has 1 amide bonds. The highest BCUT2D eigenvalue weighted by Crippen LogP contribution is 2.36. The first kappa shape index (κ1) is 12.9. The molecule has 0 bridgehead atoms. The van der Waals surface area contributed by atoms with Gasteiger partial charge >= 0.3 is 0 Å². The van der Waals surface area contributed by atoms with Crippen LogP contribution in [-0.4, -0.2) is 23.9 Å². The molecule has 1 aliphatic heterocycles. The van der Waals surface area contributed by atoms with Crippen molar-refractivity contribution in [2.75, 3.05) is 13.1 Å². The van der Waals surface area contributed by atoms with Crippen LogP contribution in [0, 0.1) is 11.8 Å². The van der Waals surface area contributed by atoms with Crippen LogP contribution < -0.4 is 0 Å². The van der Waals surface area contributed by atoms with Gasteiger partial charge < -0.3 is 4.90 Å². The molecule has 0 unspecified atom stereocenters. The first-order valence-corrected chi connectivity index (χ1v) is 8.10. The number of carbonyl (C=O) groups excluding carboxylic acids is 1. The van der Waals surface area contributed by atoms with Gasteiger partial charge in [-0.2, -0.15) is 0 Å². The van der Waals surface area contributed by atoms with Crippen LogP contribution in [0.1, 0.15) is 36.0 Å². The topological polar surface area (TPSA) is 20.3 Å². The summed E-state index contributed by atoms with van der Waals surface area (Å²) in [4.78, 5) is 15.0. The van der Waals surface area contributed by atoms with Crippen molar-refractivity contribution >= 4 is 16.7 Å². The Morgan fingerprint density at radius 1 is 0.905 bits per heavy atom. The van der Waals surface area contributed by atoms with Crippen LogP contribution >= 0.6 is 0 Å². The molecule has 0 spiro atoms. The fourth-order valence-corrected chi connectivity index (χ4v) is 4.15. The second kappa shape index (κ2) is 5.18. The predicted octanol–water partition coefficient (Wildman–Crippen LogP) is 4.10. The van der Waals surface area contributed by atoms with Crippen molar-refractivity contribution in [1.82, 2.24) is 4.90 Å². The van der Waals surface area contributed by atoms with Crippen molar-refractivity contribution in [1.29, 1.82) is 0 Å². The maximum absolute atomic E-state index is 12.9. The lowest BCUT2D eigenvalue weighted by Crippen LogP contribution is -2.29. The number of rotatable bonds is 1. The standard InChI is InChI=1S/C19H21NO/c21-19(20-12-15-7-1-2-8-16(15)13-20)18-11-5-9-14-6-3-4-10-17(14)18/h3-6,9-11,15-16H,1-2,7-8,12-13H2/t15-,16+. The van der Waals surface area contributed by atoms with E-state index >= 15 is 0 Å². The van der Waals surface area contributed by atoms with Gasteiger partial charge in [0.2, 0.25) is 0 Å². The molecule has 2 heteroatoms. The van der Waals surface area contributed by atoms with Crippen LogP contribution in [0.15, 0.2) is 42.5 Å². The van der Waals surface area contributed by atoms with Crippen LogP contribution in [0.4, 0.5) is 0 Å². The summed E-state index contributed by atoms with van der Waals surface area (Å²) in [5.74, 6) is 1.72. The Morgan fingerprint density at radius 3 is 2.33 bits per heavy atom. The first-order valence-electron chi connectivity index (χ1n) is 8.10. The zero-order valence-corrected chi connectivity index (χ0v) is 12.3. The van der Waals surface area contributed by atoms with E-state index in [0.29, 0.717) is 0 Å². The van der Waals surface area contributed by atoms with E-state index < -0.39 is 0 Å². The monoisotopic (exact) mass is 279 g/mol. The maximum atomic E-state index is 12.9. The first-order chi connectivity index (χ1) is 10.3. The molecule has 2 nitrogen and oxygen atoms in total. The van der Waals surface area contributed by atoms with Gasteiger partial charge in [0, 0.05) is 18.7 Å². The van der Waals surface area contributed by atoms with E-state index in [1.165, 1.54) is 25.7 Å². The number of carbonyl (C=O) groups is 1. The van der Waals surface area contributed by atoms with E-state index in [1.807, 2.05) is 24.3 Å². The maximum Gasteiger partial charge on any atom is 0.254 e. The quantitative estimate of drug-likeness (QED) is 0.769. The van der Waals surface area contributed by atoms with Crippen LogP contribution in [0.5, 0.6) is 0 Å². The highest BCUT2D eigenvalue weighted by Gasteiger charge is 2.36. The van der Waals surface area contributed by atoms with Crippen LogP contribution in [0.25, 0.3) is 10.8 Å². The Balaban J connectivity index is 1.65. The van der Waals surface area contributed by atoms with Gasteiger partial charge in [-0.15, -0.1) is 0 Å². The molecule has 2 aromatic rings. The van der Waals surface area contributed by atoms with Crippen molar-refractivity contribution in [2.24, 2.45) is 11.8 Å². The molecule has 1 heterocycles. The molecule has 4 rings (SSSR count). The van der Waals surface area contributed by atoms with E-state index in [-0.39, 0.29) is 5.91 Å². The molecule has 0 radical (unpaired) electrons. The van der Waals surface area contributed by atoms with Crippen molar-refractivity contribution in [2.45, 2.75) is 25.7 Å². The van der Waals surface area contributed by atoms with Gasteiger partial charge in [-0.05, 0) is 41.5 Å². The summed E-state index contributed by atoms with van der Waals surface area (Å²) in [5.41, 5.74) is 0.867. The lowest BCUT2D eigenvalue weighted by atomic mass is 9.82. The SMILES string of the molecule is O=C(c1cccc2ccccc12)N1C[C@H]2CCCC[C@H]2C1. The second-order valence-electron chi connectivity index (χ2n) is 6.54. The van der Waals surface area contributed by atoms with Gasteiger partial charge in [-0.25, -0.2) is 0 Å². The molecule has 2 aromatic carbocycles. The predicted molar refractivity (Wildman–Crippen MR) is 85.3 cm³/mol. The Bertz CT molecular complexity index is 659. The Labute approximate surface area is 125 Å². The lowest BCUT2D eigenvalue weighted by molar-refractivity contribution is 0.0786. The fourth-order valence-electron chi connectivity index (χ4n) is 4.15. The number of nitrogens with zero attached hydrogens (tertiary/aromatic N) is 1. The molecule has 0 N–H and O–H groups in total. The van der Waals surface area contributed by atoms with E-state index in [4.69, 9.17) is 0 Å². The molecule has 2 atom stereocenters. The van der Waals surface area contributed by atoms with Gasteiger partial charge in [0.15, 0.2) is 0 Å². The zero-order valence-electron chi connectivity index (χ0n) is 12.3. The molecule has 2 aliphatic rings. The molecule has 2 fully saturated rings. The van der Waals surface area contributed by atoms with E-state index in [0.717, 1.165) is 41.3 Å². The van der Waals surface area contributed by atoms with E-state index in [9.17, 15) is 4.79 Å². The summed E-state index contributed by atoms with van der Waals surface area (Å²) in [5, 5.41) is 2.24. The minimum atomic E-state index is 0.223. The lowest BCUT2D eigenvalue weighted by Gasteiger charge is -2.22. The van der Waals surface area contributed by atoms with Gasteiger partial charge in [-0.3, -0.25) is 4.79 Å². The summed E-state index contributed by atoms with van der Waals surface area (Å²) in [6.45, 7) is 1.93. The molecular formula is C19H21NO. The minimum Gasteiger partial charge on any atom is -0.338 e. The Kier molecular flexibility index (Phi) is 3.17. The second-order valence-corrected chi connectivity index (χ2v) is 6.54. The average Bonchev–Trinajstić information content (AvgIpc) is 2.97. The summed E-state index contributed by atoms with van der Waals surface area (Å²) in [6, 6.07) is 14.2. The summed E-state index contributed by atoms with van der Waals surface area (Å²) in [6.07, 6.45) is 5.31. The summed E-state index contributed by atoms with van der Waals surface area (Å²) in [7, 11) is 0. The number of hydrogen-bond acceptors (Lipinski definition) is 1. The van der Waals surface area contributed by atoms with E-state index in [1.54, 1.807) is 0 Å². The van der Waals surface area contributed by atoms with Crippen molar-refractivity contribution in [3.63, 3.8) is 0 Å². The van der Waals surface area contributed by atoms with Crippen molar-refractivity contribution in [3.05, 3.63) is 48.0 Å². The van der Waals surface area contributed by atoms with E-state index in [2.05, 4.69) is 23.1 Å². The van der Waals surface area contributed by atoms with Crippen LogP contribution in [0.2, 0.25) is 0 Å². The molecule has 21 heavy (non-hydrogen) atoms. The Morgan fingerprint density at radius 2 is 1.57 bits per heavy atom. The average molecular weight is 279 g/mol. The fraction of sp³-hybridized carbons (Fsp3) is 0.421. The molecule has 0 aromatic heterocycles. The third-order valence-electron chi connectivity index (χ3n) is 5.28. The number of fused-ring (bicyclic) bond motifs is 2. The smallest absolute Gasteiger partial charge is 0.254 e. The summed E-state index contributed by atoms with van der Waals surface area (Å²) >= 11 is 0. The molecule has 108 valence electrons. The van der Waals surface area contributed by atoms with Crippen LogP contribution in [-0.2, 0) is 0 Å². The number of hydrogen-bond donors (Lipinski definition) is 0. The van der Waals surface area contributed by atoms with Crippen molar-refractivity contribution < 1.29 is 4.79 Å². The highest BCUT2D eigenvalue weighted by molar-refractivity contribution is 6.07. The van der Waals surface area contributed by atoms with Crippen LogP contribution in [0.3, 0.4) is 0 Å². The molecular weight excluding hydrogens is 258 g/mol. The minimum absolute atomic E-state index is 0.223. The Hall–Kier alpha value is -1.83. The third kappa shape index (κ3) is 2.23. The third-order valence-corrected chi connectivity index (χ3v) is 5.28. The van der Waals surface area contributed by atoms with Gasteiger partial charge in [0.25, 0.3) is 5.91 Å². The van der Waals surface area contributed by atoms with Crippen molar-refractivity contribution in [3.8, 4) is 0 Å². The van der Waals surface area contributed by atoms with Gasteiger partial charge in [-0.1, -0.05) is 49.2 Å². The van der Waals surface area contributed by atoms with Gasteiger partial charge in [0.1, 0.15) is 0 Å². The normalized spacial score (nSPS) is 25.0. The molecule has 1 saturated heterocycles. The van der Waals surface area contributed by atoms with Gasteiger partial charge in [0.05, 0.1) is 0 Å². The summed E-state index contributed by atoms with van der Waals surface area (Å²) < 4.78 is 0. The zero-order chi connectivity index (χ0) is 14.2. The highest BCUT2D eigenvalue weighted by atomic mass is 16.2. The largest absolute Gasteiger partial charge is 0.338 e. The number of likely N-dealkylation sites (tertiary alicyclic amines) is 1. The molecule has 1 aliphatic carbocycles.